The normalized spacial score (nSPS) is 21.0. The van der Waals surface area contributed by atoms with E-state index in [1.54, 1.807) is 24.0 Å². The Morgan fingerprint density at radius 3 is 2.96 bits per heavy atom. The summed E-state index contributed by atoms with van der Waals surface area (Å²) in [5, 5.41) is 18.5. The number of esters is 1. The predicted octanol–water partition coefficient (Wildman–Crippen LogP) is 2.34. The number of aliphatic hydroxyl groups is 1. The molecule has 7 heteroatoms. The van der Waals surface area contributed by atoms with Crippen LogP contribution in [0.15, 0.2) is 12.4 Å². The fourth-order valence-electron chi connectivity index (χ4n) is 3.28. The van der Waals surface area contributed by atoms with Crippen molar-refractivity contribution in [3.8, 4) is 0 Å². The fraction of sp³-hybridized carbons (Fsp3) is 0.588. The van der Waals surface area contributed by atoms with E-state index in [0.29, 0.717) is 30.8 Å². The van der Waals surface area contributed by atoms with Crippen LogP contribution in [0.5, 0.6) is 0 Å². The number of fused-ring (bicyclic) bond motifs is 1. The molecule has 2 N–H and O–H groups in total. The molecule has 1 aliphatic carbocycles. The number of ether oxygens (including phenoxy) is 1. The number of pyridine rings is 1. The van der Waals surface area contributed by atoms with E-state index in [-0.39, 0.29) is 12.1 Å². The molecule has 0 unspecified atom stereocenters. The molecule has 7 nitrogen and oxygen atoms in total. The fourth-order valence-corrected chi connectivity index (χ4v) is 3.28. The summed E-state index contributed by atoms with van der Waals surface area (Å²) in [5.41, 5.74) is 1.86. The summed E-state index contributed by atoms with van der Waals surface area (Å²) in [6.45, 7) is 4.80. The summed E-state index contributed by atoms with van der Waals surface area (Å²) >= 11 is 0. The van der Waals surface area contributed by atoms with Gasteiger partial charge in [-0.25, -0.2) is 14.5 Å². The van der Waals surface area contributed by atoms with Crippen LogP contribution in [0, 0.1) is 0 Å². The maximum absolute atomic E-state index is 12.3. The van der Waals surface area contributed by atoms with Gasteiger partial charge in [0.25, 0.3) is 0 Å². The zero-order valence-corrected chi connectivity index (χ0v) is 14.2. The summed E-state index contributed by atoms with van der Waals surface area (Å²) in [7, 11) is 0. The summed E-state index contributed by atoms with van der Waals surface area (Å²) in [6.07, 6.45) is 6.43. The van der Waals surface area contributed by atoms with E-state index in [9.17, 15) is 9.90 Å². The number of aliphatic hydroxyl groups excluding tert-OH is 1. The molecule has 1 aliphatic rings. The van der Waals surface area contributed by atoms with Gasteiger partial charge in [0.2, 0.25) is 0 Å². The van der Waals surface area contributed by atoms with E-state index in [0.717, 1.165) is 30.3 Å². The van der Waals surface area contributed by atoms with Crippen molar-refractivity contribution in [3.05, 3.63) is 18.0 Å². The Morgan fingerprint density at radius 2 is 2.25 bits per heavy atom. The minimum Gasteiger partial charge on any atom is -0.462 e. The zero-order chi connectivity index (χ0) is 17.1. The SMILES string of the molecule is CCOC(=O)c1cnc2c(cnn2CC)c1N[C@H]1CCC[C@@H](O)C1. The second-order valence-electron chi connectivity index (χ2n) is 6.13. The number of hydrogen-bond donors (Lipinski definition) is 2. The molecule has 1 saturated carbocycles. The summed E-state index contributed by atoms with van der Waals surface area (Å²) in [4.78, 5) is 16.7. The second kappa shape index (κ2) is 7.17. The third kappa shape index (κ3) is 3.21. The van der Waals surface area contributed by atoms with E-state index in [2.05, 4.69) is 15.4 Å². The van der Waals surface area contributed by atoms with Gasteiger partial charge in [-0.2, -0.15) is 5.10 Å². The molecule has 0 saturated heterocycles. The van der Waals surface area contributed by atoms with Gasteiger partial charge in [0, 0.05) is 18.8 Å². The molecule has 24 heavy (non-hydrogen) atoms. The van der Waals surface area contributed by atoms with Crippen molar-refractivity contribution >= 4 is 22.7 Å². The van der Waals surface area contributed by atoms with Crippen LogP contribution in [0.2, 0.25) is 0 Å². The molecule has 0 aromatic carbocycles. The minimum absolute atomic E-state index is 0.123. The number of aryl methyl sites for hydroxylation is 1. The molecule has 3 rings (SSSR count). The average Bonchev–Trinajstić information content (AvgIpc) is 2.99. The number of nitrogens with one attached hydrogen (secondary N) is 1. The van der Waals surface area contributed by atoms with E-state index >= 15 is 0 Å². The summed E-state index contributed by atoms with van der Waals surface area (Å²) in [6, 6.07) is 0.123. The first kappa shape index (κ1) is 16.7. The van der Waals surface area contributed by atoms with Crippen LogP contribution in [0.3, 0.4) is 0 Å². The van der Waals surface area contributed by atoms with Gasteiger partial charge in [-0.3, -0.25) is 0 Å². The molecule has 0 aliphatic heterocycles. The van der Waals surface area contributed by atoms with Gasteiger partial charge >= 0.3 is 5.97 Å². The molecule has 0 amide bonds. The van der Waals surface area contributed by atoms with E-state index in [1.807, 2.05) is 6.92 Å². The van der Waals surface area contributed by atoms with Crippen molar-refractivity contribution in [2.24, 2.45) is 0 Å². The Morgan fingerprint density at radius 1 is 1.42 bits per heavy atom. The maximum Gasteiger partial charge on any atom is 0.341 e. The second-order valence-corrected chi connectivity index (χ2v) is 6.13. The van der Waals surface area contributed by atoms with Crippen LogP contribution in [0.1, 0.15) is 49.9 Å². The number of nitrogens with zero attached hydrogens (tertiary/aromatic N) is 3. The topological polar surface area (TPSA) is 89.3 Å². The molecule has 0 bridgehead atoms. The third-order valence-corrected chi connectivity index (χ3v) is 4.46. The Labute approximate surface area is 141 Å². The number of aromatic nitrogens is 3. The Bertz CT molecular complexity index is 728. The van der Waals surface area contributed by atoms with Crippen molar-refractivity contribution in [1.29, 1.82) is 0 Å². The highest BCUT2D eigenvalue weighted by atomic mass is 16.5. The first-order valence-corrected chi connectivity index (χ1v) is 8.60. The van der Waals surface area contributed by atoms with Gasteiger partial charge in [0.1, 0.15) is 5.56 Å². The van der Waals surface area contributed by atoms with Gasteiger partial charge in [-0.15, -0.1) is 0 Å². The molecule has 2 heterocycles. The molecule has 2 aromatic heterocycles. The lowest BCUT2D eigenvalue weighted by atomic mass is 9.92. The Hall–Kier alpha value is -2.15. The average molecular weight is 332 g/mol. The molecular weight excluding hydrogens is 308 g/mol. The largest absolute Gasteiger partial charge is 0.462 e. The standard InChI is InChI=1S/C17H24N4O3/c1-3-21-16-13(10-19-21)15(14(9-18-16)17(23)24-4-2)20-11-6-5-7-12(22)8-11/h9-12,22H,3-8H2,1-2H3,(H,18,20)/t11-,12+/m0/s1. The van der Waals surface area contributed by atoms with E-state index in [1.165, 1.54) is 0 Å². The van der Waals surface area contributed by atoms with E-state index < -0.39 is 5.97 Å². The van der Waals surface area contributed by atoms with Crippen LogP contribution in [-0.2, 0) is 11.3 Å². The molecule has 0 spiro atoms. The van der Waals surface area contributed by atoms with Crippen molar-refractivity contribution < 1.29 is 14.6 Å². The summed E-state index contributed by atoms with van der Waals surface area (Å²) < 4.78 is 6.96. The molecule has 2 aromatic rings. The quantitative estimate of drug-likeness (QED) is 0.817. The maximum atomic E-state index is 12.3. The number of carbonyl (C=O) groups excluding carboxylic acids is 1. The lowest BCUT2D eigenvalue weighted by Gasteiger charge is -2.28. The molecule has 130 valence electrons. The Kier molecular flexibility index (Phi) is 4.99. The number of carbonyl (C=O) groups is 1. The van der Waals surface area contributed by atoms with Crippen molar-refractivity contribution in [2.75, 3.05) is 11.9 Å². The van der Waals surface area contributed by atoms with Crippen LogP contribution >= 0.6 is 0 Å². The number of rotatable bonds is 5. The summed E-state index contributed by atoms with van der Waals surface area (Å²) in [5.74, 6) is -0.394. The van der Waals surface area contributed by atoms with Crippen molar-refractivity contribution in [2.45, 2.75) is 58.2 Å². The smallest absolute Gasteiger partial charge is 0.341 e. The number of anilines is 1. The van der Waals surface area contributed by atoms with Gasteiger partial charge in [-0.1, -0.05) is 0 Å². The molecular formula is C17H24N4O3. The lowest BCUT2D eigenvalue weighted by molar-refractivity contribution is 0.0527. The van der Waals surface area contributed by atoms with Gasteiger partial charge in [-0.05, 0) is 39.5 Å². The van der Waals surface area contributed by atoms with Crippen LogP contribution in [-0.4, -0.2) is 44.6 Å². The first-order chi connectivity index (χ1) is 11.6. The van der Waals surface area contributed by atoms with Crippen LogP contribution in [0.25, 0.3) is 11.0 Å². The Balaban J connectivity index is 2.01. The highest BCUT2D eigenvalue weighted by molar-refractivity contribution is 6.04. The highest BCUT2D eigenvalue weighted by Gasteiger charge is 2.24. The molecule has 2 atom stereocenters. The number of hydrogen-bond acceptors (Lipinski definition) is 6. The van der Waals surface area contributed by atoms with Gasteiger partial charge < -0.3 is 15.2 Å². The van der Waals surface area contributed by atoms with Gasteiger partial charge in [0.15, 0.2) is 5.65 Å². The lowest BCUT2D eigenvalue weighted by Crippen LogP contribution is -2.30. The molecule has 0 radical (unpaired) electrons. The van der Waals surface area contributed by atoms with Gasteiger partial charge in [0.05, 0.1) is 30.0 Å². The highest BCUT2D eigenvalue weighted by Crippen LogP contribution is 2.30. The minimum atomic E-state index is -0.394. The molecule has 1 fully saturated rings. The zero-order valence-electron chi connectivity index (χ0n) is 14.2. The first-order valence-electron chi connectivity index (χ1n) is 8.60. The third-order valence-electron chi connectivity index (χ3n) is 4.46. The van der Waals surface area contributed by atoms with Crippen molar-refractivity contribution in [1.82, 2.24) is 14.8 Å². The van der Waals surface area contributed by atoms with Crippen LogP contribution in [0.4, 0.5) is 5.69 Å². The van der Waals surface area contributed by atoms with E-state index in [4.69, 9.17) is 4.74 Å². The van der Waals surface area contributed by atoms with Crippen LogP contribution < -0.4 is 5.32 Å². The predicted molar refractivity (Wildman–Crippen MR) is 91.0 cm³/mol. The monoisotopic (exact) mass is 332 g/mol. The van der Waals surface area contributed by atoms with Crippen molar-refractivity contribution in [3.63, 3.8) is 0 Å².